The summed E-state index contributed by atoms with van der Waals surface area (Å²) in [6, 6.07) is 0. The van der Waals surface area contributed by atoms with E-state index in [9.17, 15) is 0 Å². The van der Waals surface area contributed by atoms with Gasteiger partial charge < -0.3 is 4.74 Å². The zero-order valence-corrected chi connectivity index (χ0v) is 13.5. The van der Waals surface area contributed by atoms with Crippen LogP contribution in [0.25, 0.3) is 0 Å². The van der Waals surface area contributed by atoms with Gasteiger partial charge in [0, 0.05) is 17.4 Å². The van der Waals surface area contributed by atoms with Crippen molar-refractivity contribution >= 4 is 15.9 Å². The van der Waals surface area contributed by atoms with Crippen molar-refractivity contribution < 1.29 is 4.74 Å². The molecule has 2 rings (SSSR count). The third kappa shape index (κ3) is 4.52. The SMILES string of the molecule is CCCCC1CCC(CBr)(COCC2CC2)CC1. The second-order valence-electron chi connectivity index (χ2n) is 6.68. The molecule has 0 aromatic rings. The average Bonchev–Trinajstić information content (AvgIpc) is 3.22. The van der Waals surface area contributed by atoms with Gasteiger partial charge in [-0.25, -0.2) is 0 Å². The highest BCUT2D eigenvalue weighted by Gasteiger charge is 2.35. The van der Waals surface area contributed by atoms with Gasteiger partial charge >= 0.3 is 0 Å². The molecule has 0 spiro atoms. The minimum atomic E-state index is 0.456. The lowest BCUT2D eigenvalue weighted by Gasteiger charge is -2.39. The standard InChI is InChI=1S/C16H29BrO/c1-2-3-4-14-7-9-16(12-17,10-8-14)13-18-11-15-5-6-15/h14-15H,2-13H2,1H3. The van der Waals surface area contributed by atoms with Gasteiger partial charge in [0.05, 0.1) is 6.61 Å². The molecule has 2 aliphatic rings. The summed E-state index contributed by atoms with van der Waals surface area (Å²) >= 11 is 3.74. The van der Waals surface area contributed by atoms with E-state index in [1.165, 1.54) is 57.8 Å². The number of unbranched alkanes of at least 4 members (excludes halogenated alkanes) is 1. The number of rotatable bonds is 8. The van der Waals surface area contributed by atoms with E-state index in [1.54, 1.807) is 0 Å². The van der Waals surface area contributed by atoms with Crippen molar-refractivity contribution in [1.29, 1.82) is 0 Å². The van der Waals surface area contributed by atoms with Gasteiger partial charge in [0.1, 0.15) is 0 Å². The van der Waals surface area contributed by atoms with E-state index < -0.39 is 0 Å². The average molecular weight is 317 g/mol. The monoisotopic (exact) mass is 316 g/mol. The van der Waals surface area contributed by atoms with Gasteiger partial charge in [-0.15, -0.1) is 0 Å². The second kappa shape index (κ2) is 7.28. The fourth-order valence-corrected chi connectivity index (χ4v) is 3.84. The maximum Gasteiger partial charge on any atom is 0.0530 e. The Morgan fingerprint density at radius 2 is 1.83 bits per heavy atom. The van der Waals surface area contributed by atoms with E-state index in [0.717, 1.165) is 30.4 Å². The summed E-state index contributed by atoms with van der Waals surface area (Å²) < 4.78 is 5.98. The van der Waals surface area contributed by atoms with Crippen LogP contribution < -0.4 is 0 Å². The van der Waals surface area contributed by atoms with E-state index in [0.29, 0.717) is 5.41 Å². The Labute approximate surface area is 121 Å². The normalized spacial score (nSPS) is 32.7. The highest BCUT2D eigenvalue weighted by Crippen LogP contribution is 2.42. The summed E-state index contributed by atoms with van der Waals surface area (Å²) in [6.07, 6.45) is 12.6. The van der Waals surface area contributed by atoms with Crippen molar-refractivity contribution in [2.24, 2.45) is 17.3 Å². The molecule has 0 N–H and O–H groups in total. The molecule has 0 aromatic heterocycles. The van der Waals surface area contributed by atoms with Crippen LogP contribution in [0.3, 0.4) is 0 Å². The lowest BCUT2D eigenvalue weighted by molar-refractivity contribution is 0.0199. The van der Waals surface area contributed by atoms with E-state index in [1.807, 2.05) is 0 Å². The molecule has 0 atom stereocenters. The Morgan fingerprint density at radius 3 is 2.39 bits per heavy atom. The van der Waals surface area contributed by atoms with Crippen LogP contribution in [0.15, 0.2) is 0 Å². The molecule has 18 heavy (non-hydrogen) atoms. The molecule has 0 amide bonds. The Kier molecular flexibility index (Phi) is 6.00. The Morgan fingerprint density at radius 1 is 1.11 bits per heavy atom. The number of hydrogen-bond donors (Lipinski definition) is 0. The van der Waals surface area contributed by atoms with Crippen LogP contribution in [0.4, 0.5) is 0 Å². The molecule has 1 nitrogen and oxygen atoms in total. The third-order valence-electron chi connectivity index (χ3n) is 4.87. The lowest BCUT2D eigenvalue weighted by atomic mass is 9.71. The first-order valence-electron chi connectivity index (χ1n) is 7.92. The van der Waals surface area contributed by atoms with Gasteiger partial charge in [-0.1, -0.05) is 42.1 Å². The van der Waals surface area contributed by atoms with E-state index in [4.69, 9.17) is 4.74 Å². The zero-order chi connectivity index (χ0) is 12.8. The molecule has 2 heteroatoms. The molecular weight excluding hydrogens is 288 g/mol. The first-order chi connectivity index (χ1) is 8.78. The maximum atomic E-state index is 5.98. The van der Waals surface area contributed by atoms with Crippen molar-refractivity contribution in [2.75, 3.05) is 18.5 Å². The summed E-state index contributed by atoms with van der Waals surface area (Å²) in [6.45, 7) is 4.32. The predicted molar refractivity (Wildman–Crippen MR) is 81.3 cm³/mol. The molecule has 0 aliphatic heterocycles. The molecule has 0 saturated heterocycles. The smallest absolute Gasteiger partial charge is 0.0530 e. The molecule has 0 heterocycles. The minimum absolute atomic E-state index is 0.456. The van der Waals surface area contributed by atoms with Crippen LogP contribution in [0, 0.1) is 17.3 Å². The quantitative estimate of drug-likeness (QED) is 0.561. The van der Waals surface area contributed by atoms with E-state index >= 15 is 0 Å². The Bertz CT molecular complexity index is 229. The van der Waals surface area contributed by atoms with Crippen molar-refractivity contribution in [3.63, 3.8) is 0 Å². The zero-order valence-electron chi connectivity index (χ0n) is 11.9. The number of hydrogen-bond acceptors (Lipinski definition) is 1. The van der Waals surface area contributed by atoms with Gasteiger partial charge in [0.25, 0.3) is 0 Å². The van der Waals surface area contributed by atoms with Crippen LogP contribution in [0.2, 0.25) is 0 Å². The number of alkyl halides is 1. The first-order valence-corrected chi connectivity index (χ1v) is 9.04. The van der Waals surface area contributed by atoms with Gasteiger partial charge in [-0.2, -0.15) is 0 Å². The molecule has 2 fully saturated rings. The summed E-state index contributed by atoms with van der Waals surface area (Å²) in [4.78, 5) is 0. The Balaban J connectivity index is 1.68. The van der Waals surface area contributed by atoms with Crippen LogP contribution in [-0.4, -0.2) is 18.5 Å². The second-order valence-corrected chi connectivity index (χ2v) is 7.24. The topological polar surface area (TPSA) is 9.23 Å². The van der Waals surface area contributed by atoms with E-state index in [-0.39, 0.29) is 0 Å². The van der Waals surface area contributed by atoms with Crippen LogP contribution in [-0.2, 0) is 4.74 Å². The number of halogens is 1. The summed E-state index contributed by atoms with van der Waals surface area (Å²) in [5, 5.41) is 1.13. The van der Waals surface area contributed by atoms with Crippen molar-refractivity contribution in [3.8, 4) is 0 Å². The van der Waals surface area contributed by atoms with Gasteiger partial charge in [-0.05, 0) is 50.4 Å². The first kappa shape index (κ1) is 14.8. The molecule has 106 valence electrons. The van der Waals surface area contributed by atoms with Crippen molar-refractivity contribution in [1.82, 2.24) is 0 Å². The third-order valence-corrected chi connectivity index (χ3v) is 6.06. The summed E-state index contributed by atoms with van der Waals surface area (Å²) in [5.74, 6) is 1.90. The molecule has 2 saturated carbocycles. The summed E-state index contributed by atoms with van der Waals surface area (Å²) in [7, 11) is 0. The maximum absolute atomic E-state index is 5.98. The predicted octanol–water partition coefficient (Wildman–Crippen LogP) is 5.17. The highest BCUT2D eigenvalue weighted by atomic mass is 79.9. The van der Waals surface area contributed by atoms with Crippen molar-refractivity contribution in [2.45, 2.75) is 64.7 Å². The van der Waals surface area contributed by atoms with Crippen LogP contribution in [0.1, 0.15) is 64.7 Å². The molecule has 0 bridgehead atoms. The fraction of sp³-hybridized carbons (Fsp3) is 1.00. The van der Waals surface area contributed by atoms with Crippen LogP contribution >= 0.6 is 15.9 Å². The number of ether oxygens (including phenoxy) is 1. The lowest BCUT2D eigenvalue weighted by Crippen LogP contribution is -2.34. The fourth-order valence-electron chi connectivity index (χ4n) is 3.11. The highest BCUT2D eigenvalue weighted by molar-refractivity contribution is 9.09. The van der Waals surface area contributed by atoms with Crippen LogP contribution in [0.5, 0.6) is 0 Å². The van der Waals surface area contributed by atoms with Gasteiger partial charge in [-0.3, -0.25) is 0 Å². The van der Waals surface area contributed by atoms with Gasteiger partial charge in [0.15, 0.2) is 0 Å². The Hall–Kier alpha value is 0.440. The van der Waals surface area contributed by atoms with E-state index in [2.05, 4.69) is 22.9 Å². The summed E-state index contributed by atoms with van der Waals surface area (Å²) in [5.41, 5.74) is 0.456. The molecule has 0 unspecified atom stereocenters. The molecule has 0 aromatic carbocycles. The van der Waals surface area contributed by atoms with Crippen molar-refractivity contribution in [3.05, 3.63) is 0 Å². The minimum Gasteiger partial charge on any atom is -0.381 e. The van der Waals surface area contributed by atoms with Gasteiger partial charge in [0.2, 0.25) is 0 Å². The molecular formula is C16H29BrO. The largest absolute Gasteiger partial charge is 0.381 e. The molecule has 2 aliphatic carbocycles. The molecule has 0 radical (unpaired) electrons.